The van der Waals surface area contributed by atoms with Gasteiger partial charge in [0, 0.05) is 28.5 Å². The highest BCUT2D eigenvalue weighted by Gasteiger charge is 2.02. The molecule has 0 bridgehead atoms. The fraction of sp³-hybridized carbons (Fsp3) is 0.250. The van der Waals surface area contributed by atoms with Crippen molar-refractivity contribution < 1.29 is 0 Å². The summed E-state index contributed by atoms with van der Waals surface area (Å²) >= 11 is 5.21. The Morgan fingerprint density at radius 3 is 2.75 bits per heavy atom. The molecule has 1 aromatic carbocycles. The van der Waals surface area contributed by atoms with E-state index in [2.05, 4.69) is 50.5 Å². The fourth-order valence-corrected chi connectivity index (χ4v) is 2.70. The number of thiazole rings is 1. The molecule has 16 heavy (non-hydrogen) atoms. The molecule has 0 atom stereocenters. The van der Waals surface area contributed by atoms with E-state index in [1.807, 2.05) is 13.2 Å². The molecule has 0 saturated heterocycles. The first kappa shape index (κ1) is 11.8. The first-order valence-electron chi connectivity index (χ1n) is 5.10. The van der Waals surface area contributed by atoms with Crippen molar-refractivity contribution in [3.63, 3.8) is 0 Å². The average molecular weight is 297 g/mol. The van der Waals surface area contributed by atoms with Crippen molar-refractivity contribution in [1.29, 1.82) is 0 Å². The summed E-state index contributed by atoms with van der Waals surface area (Å²) in [4.78, 5) is 5.71. The molecule has 0 spiro atoms. The highest BCUT2D eigenvalue weighted by Crippen LogP contribution is 2.18. The van der Waals surface area contributed by atoms with E-state index < -0.39 is 0 Å². The van der Waals surface area contributed by atoms with Gasteiger partial charge in [-0.2, -0.15) is 0 Å². The lowest BCUT2D eigenvalue weighted by molar-refractivity contribution is 0.829. The average Bonchev–Trinajstić information content (AvgIpc) is 2.70. The molecule has 1 heterocycles. The molecular formula is C12H13BrN2S. The number of nitrogens with zero attached hydrogens (tertiary/aromatic N) is 1. The van der Waals surface area contributed by atoms with Crippen LogP contribution in [-0.2, 0) is 13.0 Å². The lowest BCUT2D eigenvalue weighted by Crippen LogP contribution is -2.02. The monoisotopic (exact) mass is 296 g/mol. The second-order valence-corrected chi connectivity index (χ2v) is 5.67. The van der Waals surface area contributed by atoms with Gasteiger partial charge in [0.25, 0.3) is 0 Å². The summed E-state index contributed by atoms with van der Waals surface area (Å²) in [6.45, 7) is 0.901. The minimum atomic E-state index is 0.901. The molecule has 1 N–H and O–H groups in total. The Kier molecular flexibility index (Phi) is 4.09. The van der Waals surface area contributed by atoms with Crippen molar-refractivity contribution >= 4 is 27.3 Å². The molecule has 0 saturated carbocycles. The molecule has 0 fully saturated rings. The summed E-state index contributed by atoms with van der Waals surface area (Å²) in [7, 11) is 1.95. The van der Waals surface area contributed by atoms with E-state index in [0.29, 0.717) is 0 Å². The van der Waals surface area contributed by atoms with Gasteiger partial charge in [-0.3, -0.25) is 0 Å². The molecule has 0 aliphatic rings. The van der Waals surface area contributed by atoms with E-state index in [0.717, 1.165) is 17.4 Å². The number of halogens is 1. The van der Waals surface area contributed by atoms with Gasteiger partial charge in [-0.25, -0.2) is 4.98 Å². The molecule has 0 amide bonds. The van der Waals surface area contributed by atoms with Crippen molar-refractivity contribution in [2.75, 3.05) is 7.05 Å². The lowest BCUT2D eigenvalue weighted by Gasteiger charge is -1.97. The van der Waals surface area contributed by atoms with Gasteiger partial charge in [-0.05, 0) is 24.7 Å². The van der Waals surface area contributed by atoms with E-state index in [4.69, 9.17) is 0 Å². The predicted octanol–water partition coefficient (Wildman–Crippen LogP) is 3.22. The van der Waals surface area contributed by atoms with Crippen LogP contribution in [0.5, 0.6) is 0 Å². The van der Waals surface area contributed by atoms with Crippen LogP contribution < -0.4 is 5.32 Å². The van der Waals surface area contributed by atoms with Crippen LogP contribution in [0.3, 0.4) is 0 Å². The van der Waals surface area contributed by atoms with E-state index in [1.165, 1.54) is 15.4 Å². The third kappa shape index (κ3) is 3.14. The highest BCUT2D eigenvalue weighted by molar-refractivity contribution is 9.10. The first-order chi connectivity index (χ1) is 7.78. The molecule has 4 heteroatoms. The Labute approximate surface area is 108 Å². The van der Waals surface area contributed by atoms with Crippen molar-refractivity contribution in [3.8, 4) is 0 Å². The standard InChI is InChI=1S/C12H13BrN2S/c1-14-7-11-8-15-12(16-11)6-9-2-4-10(13)5-3-9/h2-5,8,14H,6-7H2,1H3. The third-order valence-electron chi connectivity index (χ3n) is 2.22. The summed E-state index contributed by atoms with van der Waals surface area (Å²) < 4.78 is 1.12. The Bertz CT molecular complexity index is 450. The van der Waals surface area contributed by atoms with E-state index >= 15 is 0 Å². The topological polar surface area (TPSA) is 24.9 Å². The molecule has 2 rings (SSSR count). The van der Waals surface area contributed by atoms with Crippen LogP contribution >= 0.6 is 27.3 Å². The van der Waals surface area contributed by atoms with E-state index in [-0.39, 0.29) is 0 Å². The van der Waals surface area contributed by atoms with Crippen LogP contribution in [0, 0.1) is 0 Å². The molecule has 0 radical (unpaired) electrons. The zero-order chi connectivity index (χ0) is 11.4. The maximum absolute atomic E-state index is 4.42. The van der Waals surface area contributed by atoms with Crippen LogP contribution in [0.1, 0.15) is 15.4 Å². The van der Waals surface area contributed by atoms with Crippen molar-refractivity contribution in [1.82, 2.24) is 10.3 Å². The molecule has 84 valence electrons. The number of nitrogens with one attached hydrogen (secondary N) is 1. The minimum Gasteiger partial charge on any atom is -0.315 e. The number of hydrogen-bond acceptors (Lipinski definition) is 3. The Morgan fingerprint density at radius 2 is 2.06 bits per heavy atom. The zero-order valence-electron chi connectivity index (χ0n) is 9.03. The molecule has 2 aromatic rings. The minimum absolute atomic E-state index is 0.901. The summed E-state index contributed by atoms with van der Waals surface area (Å²) in [5.41, 5.74) is 1.30. The molecule has 0 unspecified atom stereocenters. The second-order valence-electron chi connectivity index (χ2n) is 3.55. The van der Waals surface area contributed by atoms with Gasteiger partial charge in [-0.1, -0.05) is 28.1 Å². The first-order valence-corrected chi connectivity index (χ1v) is 6.71. The van der Waals surface area contributed by atoms with Crippen LogP contribution in [0.25, 0.3) is 0 Å². The van der Waals surface area contributed by atoms with Gasteiger partial charge in [0.15, 0.2) is 0 Å². The van der Waals surface area contributed by atoms with Gasteiger partial charge in [0.05, 0.1) is 5.01 Å². The summed E-state index contributed by atoms with van der Waals surface area (Å²) in [6.07, 6.45) is 2.87. The molecule has 0 aliphatic carbocycles. The lowest BCUT2D eigenvalue weighted by atomic mass is 10.2. The van der Waals surface area contributed by atoms with Crippen molar-refractivity contribution in [3.05, 3.63) is 50.4 Å². The number of aromatic nitrogens is 1. The SMILES string of the molecule is CNCc1cnc(Cc2ccc(Br)cc2)s1. The van der Waals surface area contributed by atoms with Gasteiger partial charge in [-0.15, -0.1) is 11.3 Å². The summed E-state index contributed by atoms with van der Waals surface area (Å²) in [5, 5.41) is 4.31. The Morgan fingerprint density at radius 1 is 1.31 bits per heavy atom. The zero-order valence-corrected chi connectivity index (χ0v) is 11.4. The second kappa shape index (κ2) is 5.57. The predicted molar refractivity (Wildman–Crippen MR) is 71.8 cm³/mol. The van der Waals surface area contributed by atoms with Crippen LogP contribution in [0.4, 0.5) is 0 Å². The van der Waals surface area contributed by atoms with Crippen molar-refractivity contribution in [2.45, 2.75) is 13.0 Å². The third-order valence-corrected chi connectivity index (χ3v) is 3.75. The van der Waals surface area contributed by atoms with Crippen LogP contribution in [0.2, 0.25) is 0 Å². The molecule has 0 aliphatic heterocycles. The van der Waals surface area contributed by atoms with E-state index in [1.54, 1.807) is 11.3 Å². The van der Waals surface area contributed by atoms with Gasteiger partial charge in [0.1, 0.15) is 0 Å². The normalized spacial score (nSPS) is 10.6. The molecule has 1 aromatic heterocycles. The molecular weight excluding hydrogens is 284 g/mol. The smallest absolute Gasteiger partial charge is 0.0971 e. The summed E-state index contributed by atoms with van der Waals surface area (Å²) in [6, 6.07) is 8.39. The van der Waals surface area contributed by atoms with Crippen LogP contribution in [0.15, 0.2) is 34.9 Å². The number of benzene rings is 1. The van der Waals surface area contributed by atoms with Crippen LogP contribution in [-0.4, -0.2) is 12.0 Å². The number of hydrogen-bond donors (Lipinski definition) is 1. The Balaban J connectivity index is 2.05. The summed E-state index contributed by atoms with van der Waals surface area (Å²) in [5.74, 6) is 0. The van der Waals surface area contributed by atoms with Crippen molar-refractivity contribution in [2.24, 2.45) is 0 Å². The van der Waals surface area contributed by atoms with E-state index in [9.17, 15) is 0 Å². The maximum Gasteiger partial charge on any atom is 0.0971 e. The quantitative estimate of drug-likeness (QED) is 0.937. The fourth-order valence-electron chi connectivity index (χ4n) is 1.46. The van der Waals surface area contributed by atoms with Gasteiger partial charge in [0.2, 0.25) is 0 Å². The van der Waals surface area contributed by atoms with Gasteiger partial charge >= 0.3 is 0 Å². The Hall–Kier alpha value is -0.710. The largest absolute Gasteiger partial charge is 0.315 e. The van der Waals surface area contributed by atoms with Gasteiger partial charge < -0.3 is 5.32 Å². The molecule has 2 nitrogen and oxygen atoms in total. The maximum atomic E-state index is 4.42. The number of rotatable bonds is 4. The highest BCUT2D eigenvalue weighted by atomic mass is 79.9.